The maximum absolute atomic E-state index is 12.1. The van der Waals surface area contributed by atoms with Crippen LogP contribution in [-0.2, 0) is 0 Å². The van der Waals surface area contributed by atoms with E-state index in [2.05, 4.69) is 17.1 Å². The summed E-state index contributed by atoms with van der Waals surface area (Å²) in [6.07, 6.45) is 4.88. The zero-order valence-corrected chi connectivity index (χ0v) is 13.1. The van der Waals surface area contributed by atoms with E-state index in [1.807, 2.05) is 0 Å². The average molecular weight is 290 g/mol. The lowest BCUT2D eigenvalue weighted by molar-refractivity contribution is 0.0948. The molecule has 1 atom stereocenters. The second-order valence-electron chi connectivity index (χ2n) is 5.94. The molecule has 1 unspecified atom stereocenters. The summed E-state index contributed by atoms with van der Waals surface area (Å²) in [5.74, 6) is 0.0693. The van der Waals surface area contributed by atoms with Crippen LogP contribution in [0.4, 0.5) is 0 Å². The molecule has 0 radical (unpaired) electrons. The van der Waals surface area contributed by atoms with Crippen LogP contribution in [0.2, 0.25) is 0 Å². The van der Waals surface area contributed by atoms with E-state index < -0.39 is 0 Å². The van der Waals surface area contributed by atoms with Gasteiger partial charge < -0.3 is 15.3 Å². The summed E-state index contributed by atoms with van der Waals surface area (Å²) >= 11 is 0. The first-order valence-electron chi connectivity index (χ1n) is 7.90. The minimum absolute atomic E-state index is 0.102. The minimum atomic E-state index is -0.102. The van der Waals surface area contributed by atoms with Gasteiger partial charge in [-0.25, -0.2) is 0 Å². The van der Waals surface area contributed by atoms with E-state index in [-0.39, 0.29) is 11.7 Å². The predicted octanol–water partition coefficient (Wildman–Crippen LogP) is 2.69. The van der Waals surface area contributed by atoms with E-state index in [1.165, 1.54) is 25.8 Å². The van der Waals surface area contributed by atoms with Crippen LogP contribution >= 0.6 is 0 Å². The fourth-order valence-corrected chi connectivity index (χ4v) is 2.94. The van der Waals surface area contributed by atoms with Gasteiger partial charge in [0.05, 0.1) is 0 Å². The van der Waals surface area contributed by atoms with Crippen LogP contribution in [0.5, 0.6) is 5.75 Å². The number of hydrogen-bond donors (Lipinski definition) is 2. The summed E-state index contributed by atoms with van der Waals surface area (Å²) < 4.78 is 0. The number of rotatable bonds is 5. The van der Waals surface area contributed by atoms with Gasteiger partial charge in [0.25, 0.3) is 5.91 Å². The van der Waals surface area contributed by atoms with E-state index in [0.717, 1.165) is 13.0 Å². The third kappa shape index (κ3) is 4.21. The lowest BCUT2D eigenvalue weighted by Crippen LogP contribution is -2.39. The van der Waals surface area contributed by atoms with Crippen molar-refractivity contribution >= 4 is 5.91 Å². The largest absolute Gasteiger partial charge is 0.508 e. The van der Waals surface area contributed by atoms with Gasteiger partial charge in [0.2, 0.25) is 0 Å². The Morgan fingerprint density at radius 3 is 3.00 bits per heavy atom. The molecule has 1 aliphatic heterocycles. The lowest BCUT2D eigenvalue weighted by atomic mass is 10.0. The molecule has 21 heavy (non-hydrogen) atoms. The average Bonchev–Trinajstić information content (AvgIpc) is 2.48. The molecule has 116 valence electrons. The Balaban J connectivity index is 1.75. The van der Waals surface area contributed by atoms with Crippen molar-refractivity contribution in [3.05, 3.63) is 29.3 Å². The molecule has 4 heteroatoms. The molecule has 1 amide bonds. The van der Waals surface area contributed by atoms with Crippen molar-refractivity contribution in [1.29, 1.82) is 0 Å². The van der Waals surface area contributed by atoms with Gasteiger partial charge in [-0.1, -0.05) is 12.5 Å². The van der Waals surface area contributed by atoms with E-state index >= 15 is 0 Å². The maximum atomic E-state index is 12.1. The first kappa shape index (κ1) is 15.8. The van der Waals surface area contributed by atoms with Crippen LogP contribution in [0.3, 0.4) is 0 Å². The first-order valence-corrected chi connectivity index (χ1v) is 7.90. The summed E-state index contributed by atoms with van der Waals surface area (Å²) in [5, 5.41) is 12.6. The Hall–Kier alpha value is -1.55. The number of phenols is 1. The van der Waals surface area contributed by atoms with Gasteiger partial charge in [-0.15, -0.1) is 0 Å². The molecule has 4 nitrogen and oxygen atoms in total. The number of likely N-dealkylation sites (tertiary alicyclic amines) is 1. The normalized spacial score (nSPS) is 19.4. The fraction of sp³-hybridized carbons (Fsp3) is 0.588. The molecule has 0 aromatic heterocycles. The number of hydrogen-bond acceptors (Lipinski definition) is 3. The highest BCUT2D eigenvalue weighted by molar-refractivity contribution is 5.96. The molecule has 1 aliphatic rings. The topological polar surface area (TPSA) is 52.6 Å². The van der Waals surface area contributed by atoms with Gasteiger partial charge in [0.15, 0.2) is 0 Å². The smallest absolute Gasteiger partial charge is 0.251 e. The van der Waals surface area contributed by atoms with E-state index in [1.54, 1.807) is 25.1 Å². The summed E-state index contributed by atoms with van der Waals surface area (Å²) in [5.41, 5.74) is 1.20. The molecule has 1 aromatic rings. The van der Waals surface area contributed by atoms with Crippen LogP contribution < -0.4 is 5.32 Å². The monoisotopic (exact) mass is 290 g/mol. The zero-order valence-electron chi connectivity index (χ0n) is 13.1. The van der Waals surface area contributed by atoms with Gasteiger partial charge in [-0.3, -0.25) is 4.79 Å². The Bertz CT molecular complexity index is 488. The number of piperidine rings is 1. The summed E-state index contributed by atoms with van der Waals surface area (Å²) in [6, 6.07) is 5.72. The maximum Gasteiger partial charge on any atom is 0.251 e. The Morgan fingerprint density at radius 1 is 1.43 bits per heavy atom. The van der Waals surface area contributed by atoms with Gasteiger partial charge in [0, 0.05) is 30.3 Å². The highest BCUT2D eigenvalue weighted by Crippen LogP contribution is 2.19. The molecule has 2 N–H and O–H groups in total. The first-order chi connectivity index (χ1) is 10.1. The number of aromatic hydroxyl groups is 1. The highest BCUT2D eigenvalue weighted by atomic mass is 16.3. The van der Waals surface area contributed by atoms with Gasteiger partial charge in [0.1, 0.15) is 5.75 Å². The van der Waals surface area contributed by atoms with Crippen molar-refractivity contribution in [1.82, 2.24) is 10.2 Å². The Labute approximate surface area is 127 Å². The molecular formula is C17H26N2O2. The summed E-state index contributed by atoms with van der Waals surface area (Å²) in [6.45, 7) is 6.95. The van der Waals surface area contributed by atoms with Crippen LogP contribution in [-0.4, -0.2) is 41.6 Å². The van der Waals surface area contributed by atoms with Crippen LogP contribution in [0.1, 0.15) is 48.5 Å². The minimum Gasteiger partial charge on any atom is -0.508 e. The van der Waals surface area contributed by atoms with E-state index in [9.17, 15) is 9.90 Å². The third-order valence-corrected chi connectivity index (χ3v) is 4.40. The number of carbonyl (C=O) groups is 1. The van der Waals surface area contributed by atoms with Crippen molar-refractivity contribution in [2.24, 2.45) is 0 Å². The standard InChI is InChI=1S/C17H26N2O2/c1-13-7-3-4-11-19(13)12-6-10-18-17(21)15-8-5-9-16(20)14(15)2/h5,8-9,13,20H,3-4,6-7,10-12H2,1-2H3,(H,18,21). The SMILES string of the molecule is Cc1c(O)cccc1C(=O)NCCCN1CCCCC1C. The molecule has 0 saturated carbocycles. The summed E-state index contributed by atoms with van der Waals surface area (Å²) in [7, 11) is 0. The number of benzene rings is 1. The van der Waals surface area contributed by atoms with Gasteiger partial charge in [-0.05, 0) is 51.8 Å². The zero-order chi connectivity index (χ0) is 15.2. The van der Waals surface area contributed by atoms with Gasteiger partial charge in [-0.2, -0.15) is 0 Å². The number of nitrogens with one attached hydrogen (secondary N) is 1. The molecule has 0 bridgehead atoms. The molecule has 2 rings (SSSR count). The van der Waals surface area contributed by atoms with Crippen molar-refractivity contribution in [2.75, 3.05) is 19.6 Å². The number of amides is 1. The number of nitrogens with zero attached hydrogens (tertiary/aromatic N) is 1. The predicted molar refractivity (Wildman–Crippen MR) is 84.7 cm³/mol. The Kier molecular flexibility index (Phi) is 5.62. The lowest BCUT2D eigenvalue weighted by Gasteiger charge is -2.33. The van der Waals surface area contributed by atoms with E-state index in [4.69, 9.17) is 0 Å². The molecule has 0 aliphatic carbocycles. The van der Waals surface area contributed by atoms with Crippen LogP contribution in [0.25, 0.3) is 0 Å². The molecule has 1 saturated heterocycles. The van der Waals surface area contributed by atoms with Crippen LogP contribution in [0, 0.1) is 6.92 Å². The van der Waals surface area contributed by atoms with Crippen molar-refractivity contribution in [3.8, 4) is 5.75 Å². The molecule has 0 spiro atoms. The number of carbonyl (C=O) groups excluding carboxylic acids is 1. The van der Waals surface area contributed by atoms with Gasteiger partial charge >= 0.3 is 0 Å². The second-order valence-corrected chi connectivity index (χ2v) is 5.94. The molecule has 1 aromatic carbocycles. The van der Waals surface area contributed by atoms with Crippen LogP contribution in [0.15, 0.2) is 18.2 Å². The Morgan fingerprint density at radius 2 is 2.24 bits per heavy atom. The van der Waals surface area contributed by atoms with Crippen molar-refractivity contribution in [2.45, 2.75) is 45.6 Å². The van der Waals surface area contributed by atoms with Crippen molar-refractivity contribution < 1.29 is 9.90 Å². The molecule has 1 heterocycles. The molecular weight excluding hydrogens is 264 g/mol. The second kappa shape index (κ2) is 7.46. The summed E-state index contributed by atoms with van der Waals surface area (Å²) in [4.78, 5) is 14.6. The van der Waals surface area contributed by atoms with E-state index in [0.29, 0.717) is 23.7 Å². The van der Waals surface area contributed by atoms with Crippen molar-refractivity contribution in [3.63, 3.8) is 0 Å². The third-order valence-electron chi connectivity index (χ3n) is 4.40. The molecule has 1 fully saturated rings. The highest BCUT2D eigenvalue weighted by Gasteiger charge is 2.17. The fourth-order valence-electron chi connectivity index (χ4n) is 2.94. The quantitative estimate of drug-likeness (QED) is 0.820. The number of phenolic OH excluding ortho intramolecular Hbond substituents is 1.